The van der Waals surface area contributed by atoms with E-state index >= 15 is 0 Å². The molecule has 0 aliphatic rings. The molecule has 0 bridgehead atoms. The number of rotatable bonds is 3. The molecule has 0 amide bonds. The van der Waals surface area contributed by atoms with E-state index < -0.39 is 9.84 Å². The van der Waals surface area contributed by atoms with Crippen molar-refractivity contribution < 1.29 is 8.42 Å². The Balaban J connectivity index is 2.44. The van der Waals surface area contributed by atoms with Crippen molar-refractivity contribution in [2.75, 3.05) is 5.73 Å². The van der Waals surface area contributed by atoms with Crippen LogP contribution in [0.1, 0.15) is 16.8 Å². The summed E-state index contributed by atoms with van der Waals surface area (Å²) in [6.45, 7) is 3.68. The first-order chi connectivity index (χ1) is 8.90. The highest BCUT2D eigenvalue weighted by molar-refractivity contribution is 7.90. The van der Waals surface area contributed by atoms with Crippen LogP contribution in [0.25, 0.3) is 0 Å². The third kappa shape index (κ3) is 2.93. The average molecular weight is 276 g/mol. The number of pyridine rings is 1. The number of sulfone groups is 1. The smallest absolute Gasteiger partial charge is 0.186 e. The molecule has 0 unspecified atom stereocenters. The van der Waals surface area contributed by atoms with Gasteiger partial charge in [0.25, 0.3) is 0 Å². The maximum atomic E-state index is 12.4. The number of nitrogens with two attached hydrogens (primary N) is 1. The highest BCUT2D eigenvalue weighted by Crippen LogP contribution is 2.23. The minimum absolute atomic E-state index is 0.132. The van der Waals surface area contributed by atoms with Crippen LogP contribution in [0.4, 0.5) is 5.69 Å². The molecule has 0 aliphatic heterocycles. The minimum atomic E-state index is -3.48. The van der Waals surface area contributed by atoms with Gasteiger partial charge in [-0.05, 0) is 43.2 Å². The van der Waals surface area contributed by atoms with Crippen LogP contribution < -0.4 is 5.73 Å². The predicted octanol–water partition coefficient (Wildman–Crippen LogP) is 2.25. The highest BCUT2D eigenvalue weighted by atomic mass is 32.2. The predicted molar refractivity (Wildman–Crippen MR) is 75.5 cm³/mol. The summed E-state index contributed by atoms with van der Waals surface area (Å²) in [5, 5.41) is 0. The largest absolute Gasteiger partial charge is 0.398 e. The molecular formula is C14H16N2O2S. The zero-order valence-electron chi connectivity index (χ0n) is 10.9. The Morgan fingerprint density at radius 3 is 2.63 bits per heavy atom. The fourth-order valence-corrected chi connectivity index (χ4v) is 3.45. The fraction of sp³-hybridized carbons (Fsp3) is 0.214. The second-order valence-electron chi connectivity index (χ2n) is 4.57. The summed E-state index contributed by atoms with van der Waals surface area (Å²) < 4.78 is 24.8. The monoisotopic (exact) mass is 276 g/mol. The van der Waals surface area contributed by atoms with Gasteiger partial charge in [0, 0.05) is 6.20 Å². The molecule has 0 aliphatic carbocycles. The summed E-state index contributed by atoms with van der Waals surface area (Å²) in [6.07, 6.45) is 1.59. The van der Waals surface area contributed by atoms with Gasteiger partial charge in [-0.2, -0.15) is 0 Å². The fourth-order valence-electron chi connectivity index (χ4n) is 1.84. The molecule has 0 atom stereocenters. The molecule has 0 spiro atoms. The van der Waals surface area contributed by atoms with Gasteiger partial charge in [-0.3, -0.25) is 4.98 Å². The van der Waals surface area contributed by atoms with Crippen LogP contribution >= 0.6 is 0 Å². The molecule has 5 heteroatoms. The van der Waals surface area contributed by atoms with E-state index in [1.165, 1.54) is 0 Å². The van der Waals surface area contributed by atoms with Crippen LogP contribution in [0.3, 0.4) is 0 Å². The number of hydrogen-bond acceptors (Lipinski definition) is 4. The van der Waals surface area contributed by atoms with Gasteiger partial charge in [0.05, 0.1) is 22.0 Å². The summed E-state index contributed by atoms with van der Waals surface area (Å²) in [5.74, 6) is -0.132. The minimum Gasteiger partial charge on any atom is -0.398 e. The molecule has 2 aromatic rings. The first kappa shape index (κ1) is 13.5. The third-order valence-electron chi connectivity index (χ3n) is 2.95. The SMILES string of the molecule is Cc1ccc(N)c(S(=O)(=O)Cc2ncccc2C)c1. The second-order valence-corrected chi connectivity index (χ2v) is 6.53. The van der Waals surface area contributed by atoms with Crippen molar-refractivity contribution in [1.29, 1.82) is 0 Å². The van der Waals surface area contributed by atoms with E-state index in [2.05, 4.69) is 4.98 Å². The van der Waals surface area contributed by atoms with Crippen molar-refractivity contribution in [1.82, 2.24) is 4.98 Å². The first-order valence-electron chi connectivity index (χ1n) is 5.89. The van der Waals surface area contributed by atoms with Crippen molar-refractivity contribution >= 4 is 15.5 Å². The Morgan fingerprint density at radius 1 is 1.21 bits per heavy atom. The Hall–Kier alpha value is -1.88. The zero-order chi connectivity index (χ0) is 14.0. The van der Waals surface area contributed by atoms with Crippen LogP contribution in [0, 0.1) is 13.8 Å². The molecule has 19 heavy (non-hydrogen) atoms. The molecular weight excluding hydrogens is 260 g/mol. The van der Waals surface area contributed by atoms with Crippen LogP contribution in [0.2, 0.25) is 0 Å². The molecule has 1 aromatic heterocycles. The van der Waals surface area contributed by atoms with Crippen LogP contribution in [-0.2, 0) is 15.6 Å². The Kier molecular flexibility index (Phi) is 3.57. The number of aryl methyl sites for hydroxylation is 2. The van der Waals surface area contributed by atoms with Crippen molar-refractivity contribution in [3.8, 4) is 0 Å². The standard InChI is InChI=1S/C14H16N2O2S/c1-10-5-6-12(15)14(8-10)19(17,18)9-13-11(2)4-3-7-16-13/h3-8H,9,15H2,1-2H3. The maximum Gasteiger partial charge on any atom is 0.186 e. The summed E-state index contributed by atoms with van der Waals surface area (Å²) in [5.41, 5.74) is 8.33. The van der Waals surface area contributed by atoms with Crippen molar-refractivity contribution in [2.45, 2.75) is 24.5 Å². The molecule has 2 rings (SSSR count). The molecule has 0 radical (unpaired) electrons. The van der Waals surface area contributed by atoms with E-state index in [4.69, 9.17) is 5.73 Å². The lowest BCUT2D eigenvalue weighted by atomic mass is 10.2. The number of nitrogen functional groups attached to an aromatic ring is 1. The summed E-state index contributed by atoms with van der Waals surface area (Å²) in [4.78, 5) is 4.30. The third-order valence-corrected chi connectivity index (χ3v) is 4.63. The van der Waals surface area contributed by atoms with Gasteiger partial charge in [-0.15, -0.1) is 0 Å². The topological polar surface area (TPSA) is 73.1 Å². The van der Waals surface area contributed by atoms with Gasteiger partial charge < -0.3 is 5.73 Å². The molecule has 0 fully saturated rings. The second kappa shape index (κ2) is 5.01. The lowest BCUT2D eigenvalue weighted by molar-refractivity contribution is 0.594. The van der Waals surface area contributed by atoms with Crippen LogP contribution in [0.15, 0.2) is 41.4 Å². The highest BCUT2D eigenvalue weighted by Gasteiger charge is 2.20. The average Bonchev–Trinajstić information content (AvgIpc) is 2.35. The molecule has 100 valence electrons. The maximum absolute atomic E-state index is 12.4. The quantitative estimate of drug-likeness (QED) is 0.873. The normalized spacial score (nSPS) is 11.5. The molecule has 0 saturated carbocycles. The zero-order valence-corrected chi connectivity index (χ0v) is 11.7. The van der Waals surface area contributed by atoms with Crippen molar-refractivity contribution in [3.05, 3.63) is 53.3 Å². The van der Waals surface area contributed by atoms with E-state index in [0.29, 0.717) is 5.69 Å². The van der Waals surface area contributed by atoms with Gasteiger partial charge >= 0.3 is 0 Å². The van der Waals surface area contributed by atoms with E-state index in [0.717, 1.165) is 11.1 Å². The molecule has 0 saturated heterocycles. The molecule has 4 nitrogen and oxygen atoms in total. The lowest BCUT2D eigenvalue weighted by Gasteiger charge is -2.09. The Morgan fingerprint density at radius 2 is 1.95 bits per heavy atom. The van der Waals surface area contributed by atoms with Crippen LogP contribution in [0.5, 0.6) is 0 Å². The van der Waals surface area contributed by atoms with Gasteiger partial charge in [0.2, 0.25) is 0 Å². The van der Waals surface area contributed by atoms with Crippen molar-refractivity contribution in [2.24, 2.45) is 0 Å². The van der Waals surface area contributed by atoms with Crippen LogP contribution in [-0.4, -0.2) is 13.4 Å². The molecule has 1 heterocycles. The summed E-state index contributed by atoms with van der Waals surface area (Å²) in [6, 6.07) is 8.64. The Bertz CT molecular complexity index is 709. The van der Waals surface area contributed by atoms with E-state index in [1.54, 1.807) is 30.5 Å². The Labute approximate surface area is 113 Å². The summed E-state index contributed by atoms with van der Waals surface area (Å²) >= 11 is 0. The van der Waals surface area contributed by atoms with Gasteiger partial charge in [-0.1, -0.05) is 12.1 Å². The molecule has 1 aromatic carbocycles. The van der Waals surface area contributed by atoms with E-state index in [-0.39, 0.29) is 16.3 Å². The van der Waals surface area contributed by atoms with Gasteiger partial charge in [0.1, 0.15) is 0 Å². The van der Waals surface area contributed by atoms with Gasteiger partial charge in [-0.25, -0.2) is 8.42 Å². The number of hydrogen-bond donors (Lipinski definition) is 1. The number of nitrogens with zero attached hydrogens (tertiary/aromatic N) is 1. The van der Waals surface area contributed by atoms with Crippen molar-refractivity contribution in [3.63, 3.8) is 0 Å². The van der Waals surface area contributed by atoms with E-state index in [1.807, 2.05) is 19.9 Å². The number of anilines is 1. The summed E-state index contributed by atoms with van der Waals surface area (Å²) in [7, 11) is -3.48. The lowest BCUT2D eigenvalue weighted by Crippen LogP contribution is -2.10. The number of benzene rings is 1. The molecule has 2 N–H and O–H groups in total. The first-order valence-corrected chi connectivity index (χ1v) is 7.55. The number of aromatic nitrogens is 1. The van der Waals surface area contributed by atoms with E-state index in [9.17, 15) is 8.42 Å². The van der Waals surface area contributed by atoms with Gasteiger partial charge in [0.15, 0.2) is 9.84 Å².